The predicted octanol–water partition coefficient (Wildman–Crippen LogP) is 0.807. The van der Waals surface area contributed by atoms with E-state index in [1.165, 1.54) is 25.7 Å². The number of halogens is 2. The number of rotatable bonds is 6. The molecule has 0 aromatic heterocycles. The van der Waals surface area contributed by atoms with E-state index < -0.39 is 22.9 Å². The number of hydrogen-bond acceptors (Lipinski definition) is 0. The van der Waals surface area contributed by atoms with Gasteiger partial charge in [-0.05, 0) is 0 Å². The Morgan fingerprint density at radius 2 is 1.13 bits per heavy atom. The van der Waals surface area contributed by atoms with E-state index in [2.05, 4.69) is 65.8 Å². The van der Waals surface area contributed by atoms with Crippen LogP contribution in [0.1, 0.15) is 67.2 Å². The molecular weight excluding hydrogens is 490 g/mol. The Bertz CT molecular complexity index is 494. The van der Waals surface area contributed by atoms with Crippen LogP contribution in [-0.4, -0.2) is 0 Å². The molecule has 0 N–H and O–H groups in total. The Balaban J connectivity index is 0.00000242. The van der Waals surface area contributed by atoms with Gasteiger partial charge in [0.25, 0.3) is 0 Å². The van der Waals surface area contributed by atoms with Gasteiger partial charge in [-0.25, -0.2) is 0 Å². The van der Waals surface area contributed by atoms with Crippen LogP contribution in [0.25, 0.3) is 0 Å². The summed E-state index contributed by atoms with van der Waals surface area (Å²) in [5, 5.41) is 0. The quantitative estimate of drug-likeness (QED) is 0.456. The van der Waals surface area contributed by atoms with E-state index >= 15 is 0 Å². The zero-order valence-electron chi connectivity index (χ0n) is 15.4. The van der Waals surface area contributed by atoms with E-state index in [0.29, 0.717) is 6.34 Å². The maximum atomic E-state index is 2.62. The van der Waals surface area contributed by atoms with Gasteiger partial charge < -0.3 is 24.8 Å². The summed E-state index contributed by atoms with van der Waals surface area (Å²) in [5.41, 5.74) is 6.43. The fraction of sp³-hybridized carbons (Fsp3) is 0.600. The monoisotopic (exact) mass is 520 g/mol. The van der Waals surface area contributed by atoms with Crippen molar-refractivity contribution in [2.75, 3.05) is 0 Å². The Kier molecular flexibility index (Phi) is 9.37. The SMILES string of the molecule is CCCC1=C[C](C)([Hf+2][C]2(C)C=C(CCC)C=C2C)C(C)=C1.[Cl-].[Cl-]. The normalized spacial score (nSPS) is 28.8. The average molecular weight is 520 g/mol. The molecule has 0 spiro atoms. The van der Waals surface area contributed by atoms with Crippen LogP contribution in [0.2, 0.25) is 6.34 Å². The van der Waals surface area contributed by atoms with Crippen molar-refractivity contribution in [2.24, 2.45) is 0 Å². The van der Waals surface area contributed by atoms with E-state index in [4.69, 9.17) is 0 Å². The van der Waals surface area contributed by atoms with Crippen LogP contribution < -0.4 is 24.8 Å². The van der Waals surface area contributed by atoms with E-state index in [1.54, 1.807) is 22.3 Å². The van der Waals surface area contributed by atoms with Crippen molar-refractivity contribution in [3.05, 3.63) is 46.6 Å². The van der Waals surface area contributed by atoms with Crippen LogP contribution in [0.5, 0.6) is 0 Å². The van der Waals surface area contributed by atoms with Gasteiger partial charge in [-0.1, -0.05) is 0 Å². The third kappa shape index (κ3) is 5.19. The van der Waals surface area contributed by atoms with Gasteiger partial charge in [-0.2, -0.15) is 0 Å². The summed E-state index contributed by atoms with van der Waals surface area (Å²) in [5.74, 6) is 0. The van der Waals surface area contributed by atoms with Gasteiger partial charge >= 0.3 is 143 Å². The molecule has 0 amide bonds. The molecule has 0 aliphatic heterocycles. The second-order valence-electron chi connectivity index (χ2n) is 7.12. The fourth-order valence-corrected chi connectivity index (χ4v) is 11.2. The maximum absolute atomic E-state index is 2.62. The summed E-state index contributed by atoms with van der Waals surface area (Å²) in [6.07, 6.45) is 15.2. The van der Waals surface area contributed by atoms with Crippen molar-refractivity contribution < 1.29 is 47.7 Å². The van der Waals surface area contributed by atoms with E-state index in [1.807, 2.05) is 0 Å². The van der Waals surface area contributed by atoms with Crippen molar-refractivity contribution in [1.29, 1.82) is 0 Å². The molecule has 0 heterocycles. The van der Waals surface area contributed by atoms with Gasteiger partial charge in [0.05, 0.1) is 0 Å². The second kappa shape index (κ2) is 9.20. The minimum Gasteiger partial charge on any atom is -1.00 e. The first-order chi connectivity index (χ1) is 9.83. The van der Waals surface area contributed by atoms with Crippen LogP contribution in [0.3, 0.4) is 0 Å². The Morgan fingerprint density at radius 1 is 0.783 bits per heavy atom. The van der Waals surface area contributed by atoms with Crippen molar-refractivity contribution in [3.63, 3.8) is 0 Å². The van der Waals surface area contributed by atoms with Gasteiger partial charge in [0, 0.05) is 0 Å². The molecular formula is C20H30Cl2Hf. The summed E-state index contributed by atoms with van der Waals surface area (Å²) in [6.45, 7) is 14.3. The zero-order valence-corrected chi connectivity index (χ0v) is 20.5. The molecule has 23 heavy (non-hydrogen) atoms. The van der Waals surface area contributed by atoms with E-state index in [0.717, 1.165) is 0 Å². The third-order valence-electron chi connectivity index (χ3n) is 4.99. The third-order valence-corrected chi connectivity index (χ3v) is 12.6. The van der Waals surface area contributed by atoms with Crippen LogP contribution in [0.15, 0.2) is 46.6 Å². The molecule has 128 valence electrons. The first kappa shape index (κ1) is 23.4. The first-order valence-corrected chi connectivity index (χ1v) is 12.0. The molecule has 2 aliphatic carbocycles. The van der Waals surface area contributed by atoms with Gasteiger partial charge in [0.1, 0.15) is 0 Å². The zero-order chi connectivity index (χ0) is 15.7. The predicted molar refractivity (Wildman–Crippen MR) is 90.2 cm³/mol. The minimum absolute atomic E-state index is 0. The molecule has 0 aromatic carbocycles. The van der Waals surface area contributed by atoms with Gasteiger partial charge in [0.15, 0.2) is 0 Å². The summed E-state index contributed by atoms with van der Waals surface area (Å²) in [4.78, 5) is 0. The largest absolute Gasteiger partial charge is 1.00 e. The maximum Gasteiger partial charge on any atom is -1.00 e. The van der Waals surface area contributed by atoms with Crippen LogP contribution in [-0.2, 0) is 22.9 Å². The van der Waals surface area contributed by atoms with Crippen LogP contribution in [0.4, 0.5) is 0 Å². The van der Waals surface area contributed by atoms with Crippen molar-refractivity contribution >= 4 is 0 Å². The van der Waals surface area contributed by atoms with Crippen molar-refractivity contribution in [3.8, 4) is 0 Å². The molecule has 2 rings (SSSR count). The molecule has 0 saturated carbocycles. The molecule has 3 heteroatoms. The molecule has 2 atom stereocenters. The molecule has 0 nitrogen and oxygen atoms in total. The summed E-state index contributed by atoms with van der Waals surface area (Å²) < 4.78 is 0.846. The molecule has 2 aliphatic rings. The van der Waals surface area contributed by atoms with Gasteiger partial charge in [-0.3, -0.25) is 0 Å². The molecule has 0 aromatic rings. The molecule has 0 saturated heterocycles. The van der Waals surface area contributed by atoms with Crippen molar-refractivity contribution in [2.45, 2.75) is 73.6 Å². The van der Waals surface area contributed by atoms with Crippen LogP contribution >= 0.6 is 0 Å². The summed E-state index contributed by atoms with van der Waals surface area (Å²) in [7, 11) is 0. The average Bonchev–Trinajstić information content (AvgIpc) is 2.78. The minimum atomic E-state index is -0.915. The van der Waals surface area contributed by atoms with Gasteiger partial charge in [0.2, 0.25) is 0 Å². The van der Waals surface area contributed by atoms with Crippen molar-refractivity contribution in [1.82, 2.24) is 0 Å². The number of allylic oxidation sites excluding steroid dienone is 8. The molecule has 0 fully saturated rings. The second-order valence-corrected chi connectivity index (χ2v) is 15.5. The molecule has 2 unspecified atom stereocenters. The Labute approximate surface area is 167 Å². The standard InChI is InChI=1S/2C10H15.2ClH.Hf/c2*1-4-5-10-6-8(2)9(3)7-10;;;/h2*6-7H,4-5H2,1-3H3;2*1H;/q;;;;+2/p-2. The number of hydrogen-bond donors (Lipinski definition) is 0. The first-order valence-electron chi connectivity index (χ1n) is 8.43. The topological polar surface area (TPSA) is 0 Å². The van der Waals surface area contributed by atoms with Gasteiger partial charge in [-0.15, -0.1) is 0 Å². The summed E-state index contributed by atoms with van der Waals surface area (Å²) >= 11 is -0.915. The van der Waals surface area contributed by atoms with E-state index in [-0.39, 0.29) is 24.8 Å². The Hall–Kier alpha value is 0.410. The summed E-state index contributed by atoms with van der Waals surface area (Å²) in [6, 6.07) is 0. The van der Waals surface area contributed by atoms with Crippen LogP contribution in [0, 0.1) is 0 Å². The molecule has 0 bridgehead atoms. The molecule has 0 radical (unpaired) electrons. The van der Waals surface area contributed by atoms with E-state index in [9.17, 15) is 0 Å². The Morgan fingerprint density at radius 3 is 1.43 bits per heavy atom. The fourth-order valence-electron chi connectivity index (χ4n) is 3.58. The smallest absolute Gasteiger partial charge is 1.00 e.